The quantitative estimate of drug-likeness (QED) is 0.632. The second-order valence-electron chi connectivity index (χ2n) is 4.63. The Labute approximate surface area is 116 Å². The molecule has 7 nitrogen and oxygen atoms in total. The number of nitro groups is 1. The molecule has 1 aromatic rings. The third-order valence-corrected chi connectivity index (χ3v) is 3.28. The highest BCUT2D eigenvalue weighted by molar-refractivity contribution is 5.80. The first-order chi connectivity index (χ1) is 9.61. The summed E-state index contributed by atoms with van der Waals surface area (Å²) in [6.07, 6.45) is -0.132. The lowest BCUT2D eigenvalue weighted by molar-refractivity contribution is -0.385. The Morgan fingerprint density at radius 3 is 2.95 bits per heavy atom. The predicted octanol–water partition coefficient (Wildman–Crippen LogP) is 0.323. The van der Waals surface area contributed by atoms with E-state index in [4.69, 9.17) is 10.5 Å². The molecule has 1 fully saturated rings. The van der Waals surface area contributed by atoms with Gasteiger partial charge in [-0.25, -0.2) is 0 Å². The molecular formula is C13H17N3O4. The van der Waals surface area contributed by atoms with Crippen LogP contribution in [-0.2, 0) is 16.0 Å². The van der Waals surface area contributed by atoms with Gasteiger partial charge < -0.3 is 15.4 Å². The molecule has 2 rings (SSSR count). The number of amides is 1. The predicted molar refractivity (Wildman–Crippen MR) is 72.2 cm³/mol. The molecule has 1 unspecified atom stereocenters. The lowest BCUT2D eigenvalue weighted by Gasteiger charge is -2.32. The SMILES string of the molecule is NCC1CN(C(=O)Cc2ccccc2[N+](=O)[O-])CCO1. The monoisotopic (exact) mass is 279 g/mol. The van der Waals surface area contributed by atoms with E-state index in [1.165, 1.54) is 6.07 Å². The summed E-state index contributed by atoms with van der Waals surface area (Å²) in [4.78, 5) is 24.3. The van der Waals surface area contributed by atoms with E-state index in [1.807, 2.05) is 0 Å². The molecule has 108 valence electrons. The van der Waals surface area contributed by atoms with Crippen LogP contribution in [-0.4, -0.2) is 48.1 Å². The number of hydrogen-bond donors (Lipinski definition) is 1. The number of hydrogen-bond acceptors (Lipinski definition) is 5. The van der Waals surface area contributed by atoms with Crippen LogP contribution < -0.4 is 5.73 Å². The summed E-state index contributed by atoms with van der Waals surface area (Å²) >= 11 is 0. The lowest BCUT2D eigenvalue weighted by Crippen LogP contribution is -2.48. The molecular weight excluding hydrogens is 262 g/mol. The van der Waals surface area contributed by atoms with Crippen molar-refractivity contribution in [3.8, 4) is 0 Å². The smallest absolute Gasteiger partial charge is 0.273 e. The molecule has 0 aliphatic carbocycles. The zero-order chi connectivity index (χ0) is 14.5. The molecule has 1 aromatic carbocycles. The summed E-state index contributed by atoms with van der Waals surface area (Å²) < 4.78 is 5.39. The molecule has 0 spiro atoms. The summed E-state index contributed by atoms with van der Waals surface area (Å²) in [5.74, 6) is -0.138. The Bertz CT molecular complexity index is 506. The summed E-state index contributed by atoms with van der Waals surface area (Å²) in [5, 5.41) is 10.9. The number of ether oxygens (including phenoxy) is 1. The van der Waals surface area contributed by atoms with E-state index in [2.05, 4.69) is 0 Å². The summed E-state index contributed by atoms with van der Waals surface area (Å²) in [5.41, 5.74) is 5.94. The van der Waals surface area contributed by atoms with Crippen molar-refractivity contribution in [1.29, 1.82) is 0 Å². The fourth-order valence-corrected chi connectivity index (χ4v) is 2.20. The molecule has 2 N–H and O–H groups in total. The van der Waals surface area contributed by atoms with Crippen molar-refractivity contribution in [1.82, 2.24) is 4.90 Å². The van der Waals surface area contributed by atoms with Gasteiger partial charge in [0, 0.05) is 31.3 Å². The average Bonchev–Trinajstić information content (AvgIpc) is 2.47. The summed E-state index contributed by atoms with van der Waals surface area (Å²) in [7, 11) is 0. The van der Waals surface area contributed by atoms with E-state index in [1.54, 1.807) is 23.1 Å². The van der Waals surface area contributed by atoms with Crippen LogP contribution in [0.25, 0.3) is 0 Å². The number of para-hydroxylation sites is 1. The molecule has 1 saturated heterocycles. The second kappa shape index (κ2) is 6.44. The van der Waals surface area contributed by atoms with Crippen molar-refractivity contribution >= 4 is 11.6 Å². The Morgan fingerprint density at radius 2 is 2.25 bits per heavy atom. The summed E-state index contributed by atoms with van der Waals surface area (Å²) in [6, 6.07) is 6.30. The second-order valence-corrected chi connectivity index (χ2v) is 4.63. The molecule has 0 radical (unpaired) electrons. The van der Waals surface area contributed by atoms with E-state index >= 15 is 0 Å². The highest BCUT2D eigenvalue weighted by Crippen LogP contribution is 2.19. The van der Waals surface area contributed by atoms with Crippen LogP contribution in [0.5, 0.6) is 0 Å². The van der Waals surface area contributed by atoms with Crippen molar-refractivity contribution in [2.75, 3.05) is 26.2 Å². The fourth-order valence-electron chi connectivity index (χ4n) is 2.20. The first-order valence-electron chi connectivity index (χ1n) is 6.43. The first kappa shape index (κ1) is 14.4. The molecule has 0 aromatic heterocycles. The van der Waals surface area contributed by atoms with E-state index in [-0.39, 0.29) is 24.1 Å². The van der Waals surface area contributed by atoms with Crippen molar-refractivity contribution in [3.05, 3.63) is 39.9 Å². The number of nitrogens with two attached hydrogens (primary N) is 1. The zero-order valence-electron chi connectivity index (χ0n) is 11.0. The van der Waals surface area contributed by atoms with Crippen molar-refractivity contribution in [2.24, 2.45) is 5.73 Å². The van der Waals surface area contributed by atoms with Crippen LogP contribution >= 0.6 is 0 Å². The lowest BCUT2D eigenvalue weighted by atomic mass is 10.1. The molecule has 7 heteroatoms. The van der Waals surface area contributed by atoms with E-state index < -0.39 is 4.92 Å². The third kappa shape index (κ3) is 3.31. The van der Waals surface area contributed by atoms with Gasteiger partial charge >= 0.3 is 0 Å². The van der Waals surface area contributed by atoms with Gasteiger partial charge in [0.25, 0.3) is 5.69 Å². The number of nitrogens with zero attached hydrogens (tertiary/aromatic N) is 2. The number of benzene rings is 1. The van der Waals surface area contributed by atoms with Gasteiger partial charge in [0.05, 0.1) is 24.1 Å². The Morgan fingerprint density at radius 1 is 1.50 bits per heavy atom. The maximum Gasteiger partial charge on any atom is 0.273 e. The first-order valence-corrected chi connectivity index (χ1v) is 6.43. The van der Waals surface area contributed by atoms with Gasteiger partial charge in [-0.3, -0.25) is 14.9 Å². The number of rotatable bonds is 4. The van der Waals surface area contributed by atoms with Crippen LogP contribution in [0.2, 0.25) is 0 Å². The van der Waals surface area contributed by atoms with Gasteiger partial charge in [-0.05, 0) is 0 Å². The Balaban J connectivity index is 2.06. The highest BCUT2D eigenvalue weighted by Gasteiger charge is 2.25. The molecule has 1 aliphatic rings. The largest absolute Gasteiger partial charge is 0.373 e. The minimum atomic E-state index is -0.468. The number of morpholine rings is 1. The van der Waals surface area contributed by atoms with Gasteiger partial charge in [-0.15, -0.1) is 0 Å². The van der Waals surface area contributed by atoms with Crippen LogP contribution in [0.4, 0.5) is 5.69 Å². The van der Waals surface area contributed by atoms with E-state index in [0.29, 0.717) is 31.8 Å². The van der Waals surface area contributed by atoms with Crippen molar-refractivity contribution in [3.63, 3.8) is 0 Å². The van der Waals surface area contributed by atoms with Gasteiger partial charge in [-0.2, -0.15) is 0 Å². The molecule has 0 saturated carbocycles. The van der Waals surface area contributed by atoms with Crippen LogP contribution in [0.3, 0.4) is 0 Å². The van der Waals surface area contributed by atoms with Crippen molar-refractivity contribution in [2.45, 2.75) is 12.5 Å². The zero-order valence-corrected chi connectivity index (χ0v) is 11.0. The number of nitro benzene ring substituents is 1. The molecule has 1 heterocycles. The van der Waals surface area contributed by atoms with Crippen molar-refractivity contribution < 1.29 is 14.5 Å². The Hall–Kier alpha value is -1.99. The maximum absolute atomic E-state index is 12.2. The third-order valence-electron chi connectivity index (χ3n) is 3.28. The van der Waals surface area contributed by atoms with Gasteiger partial charge in [0.1, 0.15) is 0 Å². The maximum atomic E-state index is 12.2. The average molecular weight is 279 g/mol. The molecule has 1 amide bonds. The Kier molecular flexibility index (Phi) is 4.65. The summed E-state index contributed by atoms with van der Waals surface area (Å²) in [6.45, 7) is 1.74. The minimum absolute atomic E-state index is 0.0223. The number of carbonyl (C=O) groups is 1. The standard InChI is InChI=1S/C13H17N3O4/c14-8-11-9-15(5-6-20-11)13(17)7-10-3-1-2-4-12(10)16(18)19/h1-4,11H,5-9,14H2. The molecule has 1 aliphatic heterocycles. The molecule has 20 heavy (non-hydrogen) atoms. The van der Waals surface area contributed by atoms with Gasteiger partial charge in [0.15, 0.2) is 0 Å². The van der Waals surface area contributed by atoms with E-state index in [0.717, 1.165) is 0 Å². The van der Waals surface area contributed by atoms with Crippen LogP contribution in [0.1, 0.15) is 5.56 Å². The number of carbonyl (C=O) groups excluding carboxylic acids is 1. The fraction of sp³-hybridized carbons (Fsp3) is 0.462. The topological polar surface area (TPSA) is 98.7 Å². The van der Waals surface area contributed by atoms with Gasteiger partial charge in [-0.1, -0.05) is 18.2 Å². The van der Waals surface area contributed by atoms with Crippen LogP contribution in [0, 0.1) is 10.1 Å². The molecule has 1 atom stereocenters. The normalized spacial score (nSPS) is 18.9. The van der Waals surface area contributed by atoms with E-state index in [9.17, 15) is 14.9 Å². The minimum Gasteiger partial charge on any atom is -0.373 e. The highest BCUT2D eigenvalue weighted by atomic mass is 16.6. The van der Waals surface area contributed by atoms with Crippen LogP contribution in [0.15, 0.2) is 24.3 Å². The van der Waals surface area contributed by atoms with Gasteiger partial charge in [0.2, 0.25) is 5.91 Å². The molecule has 0 bridgehead atoms.